The Morgan fingerprint density at radius 1 is 1.07 bits per heavy atom. The third-order valence-electron chi connectivity index (χ3n) is 7.87. The number of thiazole rings is 1. The molecule has 0 spiro atoms. The van der Waals surface area contributed by atoms with Gasteiger partial charge in [0.05, 0.1) is 21.3 Å². The van der Waals surface area contributed by atoms with Crippen LogP contribution in [0.25, 0.3) is 32.2 Å². The molecule has 0 aliphatic carbocycles. The lowest BCUT2D eigenvalue weighted by Crippen LogP contribution is -2.58. The minimum absolute atomic E-state index is 0.0160. The molecule has 0 saturated carbocycles. The Kier molecular flexibility index (Phi) is 6.95. The summed E-state index contributed by atoms with van der Waals surface area (Å²) in [6, 6.07) is 0.0884. The number of thioether (sulfide) groups is 1. The quantitative estimate of drug-likeness (QED) is 0.234. The molecule has 3 atom stereocenters. The van der Waals surface area contributed by atoms with Gasteiger partial charge in [0.15, 0.2) is 0 Å². The molecule has 6 rings (SSSR count). The van der Waals surface area contributed by atoms with Crippen molar-refractivity contribution in [1.29, 1.82) is 0 Å². The van der Waals surface area contributed by atoms with Gasteiger partial charge in [0, 0.05) is 64.4 Å². The lowest BCUT2D eigenvalue weighted by Gasteiger charge is -2.45. The maximum absolute atomic E-state index is 15.6. The van der Waals surface area contributed by atoms with Gasteiger partial charge in [-0.2, -0.15) is 18.2 Å². The van der Waals surface area contributed by atoms with E-state index in [9.17, 15) is 31.9 Å². The number of aromatic amines is 1. The van der Waals surface area contributed by atoms with Crippen molar-refractivity contribution < 1.29 is 26.7 Å². The van der Waals surface area contributed by atoms with E-state index in [0.717, 1.165) is 17.8 Å². The number of hydrogen-bond donors (Lipinski definition) is 1. The standard InChI is InChI=1S/C28H24F5N5O3S2/c1-5-18(39)37-11(2)8-36(9-12(37)3)25-14-6-15(28(31,32)33)19(24-22(14)38(26(40)35-25)13(4)10-42-24)20-16(29)7-17(30)23-21(20)34-27(41)43-23/h5-7,11-13H,1,8-10H2,2-4H3,(H,34,41)/t11-,12+,13-/m0/s1. The number of halogens is 5. The van der Waals surface area contributed by atoms with Crippen molar-refractivity contribution in [3.05, 3.63) is 62.1 Å². The molecule has 1 N–H and O–H groups in total. The summed E-state index contributed by atoms with van der Waals surface area (Å²) in [5.41, 5.74) is -3.34. The average molecular weight is 638 g/mol. The molecule has 15 heteroatoms. The number of aromatic nitrogens is 3. The first kappa shape index (κ1) is 29.4. The van der Waals surface area contributed by atoms with E-state index in [2.05, 4.69) is 16.5 Å². The molecule has 1 saturated heterocycles. The summed E-state index contributed by atoms with van der Waals surface area (Å²) in [7, 11) is 0. The first-order valence-electron chi connectivity index (χ1n) is 13.3. The second kappa shape index (κ2) is 10.2. The highest BCUT2D eigenvalue weighted by atomic mass is 32.2. The van der Waals surface area contributed by atoms with Crippen molar-refractivity contribution in [2.45, 2.75) is 50.0 Å². The highest BCUT2D eigenvalue weighted by molar-refractivity contribution is 7.99. The zero-order valence-corrected chi connectivity index (χ0v) is 24.6. The predicted molar refractivity (Wildman–Crippen MR) is 156 cm³/mol. The lowest BCUT2D eigenvalue weighted by molar-refractivity contribution is -0.137. The van der Waals surface area contributed by atoms with Crippen LogP contribution in [0, 0.1) is 11.6 Å². The number of nitrogens with zero attached hydrogens (tertiary/aromatic N) is 4. The van der Waals surface area contributed by atoms with Gasteiger partial charge in [-0.1, -0.05) is 17.9 Å². The normalized spacial score (nSPS) is 20.7. The van der Waals surface area contributed by atoms with E-state index in [1.54, 1.807) is 30.6 Å². The van der Waals surface area contributed by atoms with Crippen molar-refractivity contribution in [3.8, 4) is 11.1 Å². The van der Waals surface area contributed by atoms with Crippen LogP contribution < -0.4 is 15.5 Å². The second-order valence-electron chi connectivity index (χ2n) is 10.8. The first-order chi connectivity index (χ1) is 20.2. The Morgan fingerprint density at radius 3 is 2.37 bits per heavy atom. The van der Waals surface area contributed by atoms with Crippen molar-refractivity contribution in [3.63, 3.8) is 0 Å². The molecule has 4 aromatic rings. The minimum atomic E-state index is -5.01. The van der Waals surface area contributed by atoms with E-state index >= 15 is 4.39 Å². The van der Waals surface area contributed by atoms with Gasteiger partial charge in [-0.15, -0.1) is 11.8 Å². The molecule has 2 aromatic carbocycles. The molecule has 4 heterocycles. The molecule has 226 valence electrons. The Hall–Kier alpha value is -3.72. The van der Waals surface area contributed by atoms with Crippen LogP contribution in [0.5, 0.6) is 0 Å². The van der Waals surface area contributed by atoms with Gasteiger partial charge < -0.3 is 14.8 Å². The number of fused-ring (bicyclic) bond motifs is 1. The van der Waals surface area contributed by atoms with Crippen LogP contribution in [0.1, 0.15) is 32.4 Å². The van der Waals surface area contributed by atoms with Gasteiger partial charge >= 0.3 is 16.7 Å². The fraction of sp³-hybridized carbons (Fsp3) is 0.357. The second-order valence-corrected chi connectivity index (χ2v) is 12.8. The smallest absolute Gasteiger partial charge is 0.352 e. The van der Waals surface area contributed by atoms with Gasteiger partial charge in [0.2, 0.25) is 5.91 Å². The number of benzene rings is 2. The van der Waals surface area contributed by atoms with Crippen LogP contribution >= 0.6 is 23.1 Å². The van der Waals surface area contributed by atoms with Crippen molar-refractivity contribution in [2.24, 2.45) is 0 Å². The largest absolute Gasteiger partial charge is 0.417 e. The SMILES string of the molecule is C=CC(=O)N1[C@H](C)CN(c2nc(=O)n3c4c(c(-c5c(F)cc(F)c6sc(=O)[nH]c56)c(C(F)(F)F)cc24)SC[C@@H]3C)C[C@@H]1C. The summed E-state index contributed by atoms with van der Waals surface area (Å²) in [5, 5.41) is 0.0326. The van der Waals surface area contributed by atoms with Gasteiger partial charge in [0.1, 0.15) is 17.5 Å². The molecule has 2 aliphatic rings. The molecule has 1 amide bonds. The Morgan fingerprint density at radius 2 is 1.74 bits per heavy atom. The predicted octanol–water partition coefficient (Wildman–Crippen LogP) is 5.54. The van der Waals surface area contributed by atoms with Gasteiger partial charge in [0.25, 0.3) is 0 Å². The van der Waals surface area contributed by atoms with Crippen LogP contribution in [-0.4, -0.2) is 56.3 Å². The monoisotopic (exact) mass is 637 g/mol. The molecule has 0 radical (unpaired) electrons. The number of piperazine rings is 1. The number of H-pyrrole nitrogens is 1. The Balaban J connectivity index is 1.70. The van der Waals surface area contributed by atoms with Crippen LogP contribution in [0.2, 0.25) is 0 Å². The fourth-order valence-electron chi connectivity index (χ4n) is 6.22. The molecule has 1 fully saturated rings. The molecule has 2 aliphatic heterocycles. The molecule has 0 bridgehead atoms. The lowest BCUT2D eigenvalue weighted by atomic mass is 9.94. The van der Waals surface area contributed by atoms with E-state index in [1.807, 2.05) is 0 Å². The Labute approximate surface area is 248 Å². The molecule has 43 heavy (non-hydrogen) atoms. The zero-order chi connectivity index (χ0) is 31.1. The molecule has 0 unspecified atom stereocenters. The highest BCUT2D eigenvalue weighted by Crippen LogP contribution is 2.51. The minimum Gasteiger partial charge on any atom is -0.352 e. The van der Waals surface area contributed by atoms with E-state index in [4.69, 9.17) is 0 Å². The van der Waals surface area contributed by atoms with Crippen LogP contribution in [0.4, 0.5) is 27.8 Å². The number of alkyl halides is 3. The molecule has 2 aromatic heterocycles. The average Bonchev–Trinajstić information content (AvgIpc) is 3.31. The number of rotatable bonds is 3. The molecule has 8 nitrogen and oxygen atoms in total. The van der Waals surface area contributed by atoms with E-state index in [0.29, 0.717) is 17.4 Å². The number of carbonyl (C=O) groups excluding carboxylic acids is 1. The summed E-state index contributed by atoms with van der Waals surface area (Å²) in [6.07, 6.45) is -3.82. The molecular weight excluding hydrogens is 613 g/mol. The topological polar surface area (TPSA) is 91.3 Å². The number of carbonyl (C=O) groups is 1. The number of nitrogens with one attached hydrogen (secondary N) is 1. The van der Waals surface area contributed by atoms with E-state index in [-0.39, 0.29) is 68.7 Å². The van der Waals surface area contributed by atoms with E-state index < -0.39 is 51.1 Å². The van der Waals surface area contributed by atoms with Crippen LogP contribution in [0.15, 0.2) is 39.3 Å². The summed E-state index contributed by atoms with van der Waals surface area (Å²) in [6.45, 7) is 9.19. The van der Waals surface area contributed by atoms with Crippen LogP contribution in [-0.2, 0) is 11.0 Å². The summed E-state index contributed by atoms with van der Waals surface area (Å²) < 4.78 is 75.9. The van der Waals surface area contributed by atoms with Crippen molar-refractivity contribution in [1.82, 2.24) is 19.4 Å². The van der Waals surface area contributed by atoms with Gasteiger partial charge in [-0.25, -0.2) is 13.6 Å². The highest BCUT2D eigenvalue weighted by Gasteiger charge is 2.41. The fourth-order valence-corrected chi connectivity index (χ4v) is 8.23. The third-order valence-corrected chi connectivity index (χ3v) is 10.1. The number of hydrogen-bond acceptors (Lipinski definition) is 7. The van der Waals surface area contributed by atoms with Crippen molar-refractivity contribution >= 4 is 55.9 Å². The number of anilines is 1. The number of amides is 1. The third kappa shape index (κ3) is 4.55. The molecular formula is C28H24F5N5O3S2. The van der Waals surface area contributed by atoms with E-state index in [1.165, 1.54) is 10.6 Å². The zero-order valence-electron chi connectivity index (χ0n) is 23.0. The van der Waals surface area contributed by atoms with Gasteiger partial charge in [-0.3, -0.25) is 14.2 Å². The maximum Gasteiger partial charge on any atom is 0.417 e. The van der Waals surface area contributed by atoms with Crippen molar-refractivity contribution in [2.75, 3.05) is 23.7 Å². The Bertz CT molecular complexity index is 1960. The summed E-state index contributed by atoms with van der Waals surface area (Å²) in [5.74, 6) is -2.46. The summed E-state index contributed by atoms with van der Waals surface area (Å²) in [4.78, 5) is 47.2. The first-order valence-corrected chi connectivity index (χ1v) is 15.1. The van der Waals surface area contributed by atoms with Crippen LogP contribution in [0.3, 0.4) is 0 Å². The summed E-state index contributed by atoms with van der Waals surface area (Å²) >= 11 is 1.45. The van der Waals surface area contributed by atoms with Gasteiger partial charge in [-0.05, 0) is 32.9 Å². The maximum atomic E-state index is 15.6.